The van der Waals surface area contributed by atoms with Crippen LogP contribution < -0.4 is 5.69 Å². The van der Waals surface area contributed by atoms with Crippen LogP contribution in [0.4, 0.5) is 0 Å². The second-order valence-corrected chi connectivity index (χ2v) is 3.44. The summed E-state index contributed by atoms with van der Waals surface area (Å²) in [7, 11) is 0. The highest BCUT2D eigenvalue weighted by molar-refractivity contribution is 5.95. The molecule has 0 unspecified atom stereocenters. The molecule has 16 heavy (non-hydrogen) atoms. The van der Waals surface area contributed by atoms with E-state index in [1.165, 1.54) is 13.1 Å². The molecule has 2 aromatic rings. The highest BCUT2D eigenvalue weighted by Crippen LogP contribution is 2.18. The van der Waals surface area contributed by atoms with Crippen LogP contribution in [0.1, 0.15) is 17.3 Å². The highest BCUT2D eigenvalue weighted by Gasteiger charge is 2.02. The topological polar surface area (TPSA) is 62.8 Å². The molecule has 0 aliphatic rings. The van der Waals surface area contributed by atoms with E-state index in [0.717, 1.165) is 11.1 Å². The summed E-state index contributed by atoms with van der Waals surface area (Å²) in [5.41, 5.74) is 1.90. The molecule has 0 spiro atoms. The molecule has 0 amide bonds. The summed E-state index contributed by atoms with van der Waals surface area (Å²) in [6.45, 7) is 1.52. The first-order valence-corrected chi connectivity index (χ1v) is 4.83. The van der Waals surface area contributed by atoms with Crippen LogP contribution >= 0.6 is 0 Å². The average molecular weight is 214 g/mol. The highest BCUT2D eigenvalue weighted by atomic mass is 16.1. The van der Waals surface area contributed by atoms with Crippen LogP contribution in [-0.2, 0) is 0 Å². The van der Waals surface area contributed by atoms with Gasteiger partial charge in [-0.15, -0.1) is 0 Å². The van der Waals surface area contributed by atoms with Gasteiger partial charge < -0.3 is 4.98 Å². The van der Waals surface area contributed by atoms with Gasteiger partial charge in [0.05, 0.1) is 0 Å². The quantitative estimate of drug-likeness (QED) is 0.773. The minimum absolute atomic E-state index is 0.0132. The number of nitrogens with one attached hydrogen (secondary N) is 1. The Kier molecular flexibility index (Phi) is 2.64. The zero-order valence-electron chi connectivity index (χ0n) is 8.73. The fourth-order valence-corrected chi connectivity index (χ4v) is 1.42. The summed E-state index contributed by atoms with van der Waals surface area (Å²) in [5, 5.41) is 0. The maximum Gasteiger partial charge on any atom is 0.344 e. The Morgan fingerprint density at radius 1 is 1.31 bits per heavy atom. The third-order valence-electron chi connectivity index (χ3n) is 2.27. The smallest absolute Gasteiger partial charge is 0.312 e. The molecule has 1 N–H and O–H groups in total. The number of carbonyl (C=O) groups is 1. The lowest BCUT2D eigenvalue weighted by molar-refractivity contribution is 0.101. The van der Waals surface area contributed by atoms with Crippen molar-refractivity contribution >= 4 is 5.78 Å². The van der Waals surface area contributed by atoms with E-state index in [4.69, 9.17) is 0 Å². The van der Waals surface area contributed by atoms with Crippen molar-refractivity contribution in [2.24, 2.45) is 0 Å². The summed E-state index contributed by atoms with van der Waals surface area (Å²) in [5.74, 6) is 0.0132. The number of nitrogens with zero attached hydrogens (tertiary/aromatic N) is 1. The van der Waals surface area contributed by atoms with Crippen molar-refractivity contribution in [1.29, 1.82) is 0 Å². The number of Topliss-reactive ketones (excluding diaryl/α,β-unsaturated/α-hetero) is 1. The van der Waals surface area contributed by atoms with E-state index in [9.17, 15) is 9.59 Å². The van der Waals surface area contributed by atoms with Gasteiger partial charge in [-0.3, -0.25) is 4.79 Å². The van der Waals surface area contributed by atoms with Gasteiger partial charge in [0.15, 0.2) is 5.78 Å². The summed E-state index contributed by atoms with van der Waals surface area (Å²) in [4.78, 5) is 28.1. The predicted molar refractivity (Wildman–Crippen MR) is 60.3 cm³/mol. The van der Waals surface area contributed by atoms with Crippen molar-refractivity contribution in [3.05, 3.63) is 52.7 Å². The second-order valence-electron chi connectivity index (χ2n) is 3.44. The van der Waals surface area contributed by atoms with E-state index in [0.29, 0.717) is 5.56 Å². The molecule has 4 heteroatoms. The van der Waals surface area contributed by atoms with E-state index >= 15 is 0 Å². The minimum atomic E-state index is -0.383. The number of H-pyrrole nitrogens is 1. The normalized spacial score (nSPS) is 10.1. The summed E-state index contributed by atoms with van der Waals surface area (Å²) in [6.07, 6.45) is 3.06. The lowest BCUT2D eigenvalue weighted by atomic mass is 10.0. The Balaban J connectivity index is 2.48. The number of hydrogen-bond acceptors (Lipinski definition) is 3. The average Bonchev–Trinajstić information content (AvgIpc) is 2.30. The van der Waals surface area contributed by atoms with Crippen molar-refractivity contribution in [3.63, 3.8) is 0 Å². The van der Waals surface area contributed by atoms with Gasteiger partial charge in [0.2, 0.25) is 0 Å². The van der Waals surface area contributed by atoms with E-state index in [-0.39, 0.29) is 11.5 Å². The SMILES string of the molecule is CC(=O)c1cccc(-c2cnc(=O)[nH]c2)c1. The molecule has 0 saturated carbocycles. The third kappa shape index (κ3) is 2.06. The standard InChI is InChI=1S/C12H10N2O2/c1-8(15)9-3-2-4-10(5-9)11-6-13-12(16)14-7-11/h2-7H,1H3,(H,13,14,16). The van der Waals surface area contributed by atoms with Crippen LogP contribution in [0.3, 0.4) is 0 Å². The molecule has 0 aliphatic carbocycles. The van der Waals surface area contributed by atoms with E-state index in [1.807, 2.05) is 6.07 Å². The number of benzene rings is 1. The summed E-state index contributed by atoms with van der Waals surface area (Å²) >= 11 is 0. The van der Waals surface area contributed by atoms with Crippen molar-refractivity contribution in [3.8, 4) is 11.1 Å². The molecule has 1 aromatic carbocycles. The molecule has 80 valence electrons. The molecule has 0 saturated heterocycles. The van der Waals surface area contributed by atoms with Crippen LogP contribution in [0.2, 0.25) is 0 Å². The maximum atomic E-state index is 11.2. The molecule has 0 aliphatic heterocycles. The fourth-order valence-electron chi connectivity index (χ4n) is 1.42. The van der Waals surface area contributed by atoms with Crippen LogP contribution in [0, 0.1) is 0 Å². The molecule has 0 fully saturated rings. The first-order chi connectivity index (χ1) is 7.66. The molecule has 0 bridgehead atoms. The van der Waals surface area contributed by atoms with Crippen LogP contribution in [0.5, 0.6) is 0 Å². The first kappa shape index (κ1) is 10.3. The van der Waals surface area contributed by atoms with Gasteiger partial charge in [-0.05, 0) is 18.6 Å². The summed E-state index contributed by atoms with van der Waals surface area (Å²) in [6, 6.07) is 7.20. The van der Waals surface area contributed by atoms with Crippen molar-refractivity contribution in [2.45, 2.75) is 6.92 Å². The third-order valence-corrected chi connectivity index (χ3v) is 2.27. The lowest BCUT2D eigenvalue weighted by Crippen LogP contribution is -2.07. The lowest BCUT2D eigenvalue weighted by Gasteiger charge is -2.02. The van der Waals surface area contributed by atoms with Crippen molar-refractivity contribution in [1.82, 2.24) is 9.97 Å². The molecular weight excluding hydrogens is 204 g/mol. The fraction of sp³-hybridized carbons (Fsp3) is 0.0833. The number of aromatic nitrogens is 2. The minimum Gasteiger partial charge on any atom is -0.312 e. The number of ketones is 1. The van der Waals surface area contributed by atoms with Gasteiger partial charge in [-0.25, -0.2) is 9.78 Å². The van der Waals surface area contributed by atoms with Gasteiger partial charge >= 0.3 is 5.69 Å². The van der Waals surface area contributed by atoms with Crippen molar-refractivity contribution < 1.29 is 4.79 Å². The zero-order valence-corrected chi connectivity index (χ0v) is 8.73. The Hall–Kier alpha value is -2.23. The number of aromatic amines is 1. The molecule has 1 aromatic heterocycles. The predicted octanol–water partition coefficient (Wildman–Crippen LogP) is 1.64. The summed E-state index contributed by atoms with van der Waals surface area (Å²) < 4.78 is 0. The van der Waals surface area contributed by atoms with E-state index in [2.05, 4.69) is 9.97 Å². The van der Waals surface area contributed by atoms with Gasteiger partial charge in [-0.2, -0.15) is 0 Å². The number of rotatable bonds is 2. The molecule has 4 nitrogen and oxygen atoms in total. The van der Waals surface area contributed by atoms with Gasteiger partial charge in [0.1, 0.15) is 0 Å². The molecule has 0 atom stereocenters. The van der Waals surface area contributed by atoms with Crippen LogP contribution in [-0.4, -0.2) is 15.8 Å². The van der Waals surface area contributed by atoms with Gasteiger partial charge in [0, 0.05) is 23.5 Å². The Labute approximate surface area is 92.0 Å². The van der Waals surface area contributed by atoms with Crippen LogP contribution in [0.25, 0.3) is 11.1 Å². The van der Waals surface area contributed by atoms with Gasteiger partial charge in [-0.1, -0.05) is 18.2 Å². The first-order valence-electron chi connectivity index (χ1n) is 4.83. The molecule has 0 radical (unpaired) electrons. The second kappa shape index (κ2) is 4.10. The Morgan fingerprint density at radius 3 is 2.75 bits per heavy atom. The van der Waals surface area contributed by atoms with Crippen molar-refractivity contribution in [2.75, 3.05) is 0 Å². The Morgan fingerprint density at radius 2 is 2.12 bits per heavy atom. The van der Waals surface area contributed by atoms with Crippen LogP contribution in [0.15, 0.2) is 41.5 Å². The molecule has 2 rings (SSSR count). The maximum absolute atomic E-state index is 11.2. The Bertz CT molecular complexity index is 567. The number of carbonyl (C=O) groups excluding carboxylic acids is 1. The monoisotopic (exact) mass is 214 g/mol. The van der Waals surface area contributed by atoms with Gasteiger partial charge in [0.25, 0.3) is 0 Å². The van der Waals surface area contributed by atoms with E-state index < -0.39 is 0 Å². The molecular formula is C12H10N2O2. The zero-order chi connectivity index (χ0) is 11.5. The number of hydrogen-bond donors (Lipinski definition) is 1. The van der Waals surface area contributed by atoms with E-state index in [1.54, 1.807) is 24.4 Å². The molecule has 1 heterocycles. The largest absolute Gasteiger partial charge is 0.344 e.